The molecule has 0 heterocycles. The van der Waals surface area contributed by atoms with Gasteiger partial charge >= 0.3 is 5.97 Å². The van der Waals surface area contributed by atoms with E-state index >= 15 is 0 Å². The Morgan fingerprint density at radius 2 is 2.00 bits per heavy atom. The van der Waals surface area contributed by atoms with E-state index in [4.69, 9.17) is 5.11 Å². The highest BCUT2D eigenvalue weighted by Crippen LogP contribution is 2.15. The number of rotatable bonds is 5. The first-order valence-electron chi connectivity index (χ1n) is 6.05. The summed E-state index contributed by atoms with van der Waals surface area (Å²) in [5, 5.41) is 8.87. The highest BCUT2D eigenvalue weighted by atomic mass is 19.1. The molecule has 1 aromatic carbocycles. The van der Waals surface area contributed by atoms with Crippen LogP contribution >= 0.6 is 0 Å². The van der Waals surface area contributed by atoms with Gasteiger partial charge in [-0.3, -0.25) is 4.90 Å². The van der Waals surface area contributed by atoms with E-state index in [0.717, 1.165) is 5.56 Å². The Bertz CT molecular complexity index is 432. The molecule has 0 spiro atoms. The van der Waals surface area contributed by atoms with Gasteiger partial charge in [-0.25, -0.2) is 9.18 Å². The molecule has 0 bridgehead atoms. The third kappa shape index (κ3) is 3.53. The lowest BCUT2D eigenvalue weighted by Crippen LogP contribution is -2.32. The topological polar surface area (TPSA) is 40.5 Å². The molecule has 0 radical (unpaired) electrons. The SMILES string of the molecule is CC(C)C(C)N(C)Cc1ccc(F)c(C(=O)O)c1. The van der Waals surface area contributed by atoms with Gasteiger partial charge in [0.1, 0.15) is 5.82 Å². The van der Waals surface area contributed by atoms with Gasteiger partial charge in [-0.1, -0.05) is 19.9 Å². The van der Waals surface area contributed by atoms with Crippen molar-refractivity contribution >= 4 is 5.97 Å². The number of hydrogen-bond donors (Lipinski definition) is 1. The van der Waals surface area contributed by atoms with Gasteiger partial charge in [-0.05, 0) is 37.6 Å². The monoisotopic (exact) mass is 253 g/mol. The van der Waals surface area contributed by atoms with Crippen molar-refractivity contribution in [2.75, 3.05) is 7.05 Å². The number of carboxylic acids is 1. The van der Waals surface area contributed by atoms with Gasteiger partial charge in [0, 0.05) is 12.6 Å². The fraction of sp³-hybridized carbons (Fsp3) is 0.500. The molecule has 1 rings (SSSR count). The highest BCUT2D eigenvalue weighted by molar-refractivity contribution is 5.88. The number of halogens is 1. The molecule has 0 fully saturated rings. The molecule has 0 aliphatic rings. The van der Waals surface area contributed by atoms with Crippen LogP contribution in [0.15, 0.2) is 18.2 Å². The van der Waals surface area contributed by atoms with E-state index < -0.39 is 11.8 Å². The Balaban J connectivity index is 2.86. The predicted molar refractivity (Wildman–Crippen MR) is 69.1 cm³/mol. The smallest absolute Gasteiger partial charge is 0.338 e. The summed E-state index contributed by atoms with van der Waals surface area (Å²) in [5.41, 5.74) is 0.543. The third-order valence-electron chi connectivity index (χ3n) is 3.35. The highest BCUT2D eigenvalue weighted by Gasteiger charge is 2.15. The zero-order chi connectivity index (χ0) is 13.9. The summed E-state index contributed by atoms with van der Waals surface area (Å²) in [4.78, 5) is 13.0. The van der Waals surface area contributed by atoms with Crippen molar-refractivity contribution in [1.82, 2.24) is 4.90 Å². The number of aromatic carboxylic acids is 1. The van der Waals surface area contributed by atoms with E-state index in [1.54, 1.807) is 6.07 Å². The van der Waals surface area contributed by atoms with Crippen molar-refractivity contribution in [2.45, 2.75) is 33.4 Å². The first kappa shape index (κ1) is 14.6. The normalized spacial score (nSPS) is 13.1. The average Bonchev–Trinajstić information content (AvgIpc) is 2.29. The predicted octanol–water partition coefficient (Wildman–Crippen LogP) is 3.00. The van der Waals surface area contributed by atoms with Crippen molar-refractivity contribution in [1.29, 1.82) is 0 Å². The molecule has 4 heteroatoms. The molecule has 0 saturated carbocycles. The van der Waals surface area contributed by atoms with Gasteiger partial charge in [-0.2, -0.15) is 0 Å². The van der Waals surface area contributed by atoms with Crippen LogP contribution in [-0.2, 0) is 6.54 Å². The van der Waals surface area contributed by atoms with Crippen LogP contribution < -0.4 is 0 Å². The van der Waals surface area contributed by atoms with Gasteiger partial charge in [0.15, 0.2) is 0 Å². The van der Waals surface area contributed by atoms with Crippen LogP contribution in [0.1, 0.15) is 36.7 Å². The minimum Gasteiger partial charge on any atom is -0.478 e. The van der Waals surface area contributed by atoms with Crippen LogP contribution in [0.4, 0.5) is 4.39 Å². The second-order valence-corrected chi connectivity index (χ2v) is 5.02. The summed E-state index contributed by atoms with van der Waals surface area (Å²) in [7, 11) is 1.98. The number of hydrogen-bond acceptors (Lipinski definition) is 2. The maximum absolute atomic E-state index is 13.3. The van der Waals surface area contributed by atoms with Gasteiger partial charge in [0.2, 0.25) is 0 Å². The third-order valence-corrected chi connectivity index (χ3v) is 3.35. The average molecular weight is 253 g/mol. The van der Waals surface area contributed by atoms with Crippen LogP contribution in [0, 0.1) is 11.7 Å². The molecule has 100 valence electrons. The lowest BCUT2D eigenvalue weighted by Gasteiger charge is -2.27. The second-order valence-electron chi connectivity index (χ2n) is 5.02. The van der Waals surface area contributed by atoms with Gasteiger partial charge in [-0.15, -0.1) is 0 Å². The van der Waals surface area contributed by atoms with E-state index in [2.05, 4.69) is 25.7 Å². The van der Waals surface area contributed by atoms with Gasteiger partial charge < -0.3 is 5.11 Å². The van der Waals surface area contributed by atoms with Crippen LogP contribution in [-0.4, -0.2) is 29.1 Å². The summed E-state index contributed by atoms with van der Waals surface area (Å²) < 4.78 is 13.3. The van der Waals surface area contributed by atoms with Crippen LogP contribution in [0.5, 0.6) is 0 Å². The first-order chi connectivity index (χ1) is 8.32. The summed E-state index contributed by atoms with van der Waals surface area (Å²) in [6.07, 6.45) is 0. The minimum absolute atomic E-state index is 0.266. The van der Waals surface area contributed by atoms with Crippen molar-refractivity contribution in [3.63, 3.8) is 0 Å². The Morgan fingerprint density at radius 3 is 2.50 bits per heavy atom. The van der Waals surface area contributed by atoms with Crippen molar-refractivity contribution in [2.24, 2.45) is 5.92 Å². The number of nitrogens with zero attached hydrogens (tertiary/aromatic N) is 1. The zero-order valence-corrected chi connectivity index (χ0v) is 11.3. The summed E-state index contributed by atoms with van der Waals surface area (Å²) in [6, 6.07) is 4.63. The molecule has 0 amide bonds. The number of carboxylic acid groups (broad SMARTS) is 1. The number of carbonyl (C=O) groups is 1. The molecule has 18 heavy (non-hydrogen) atoms. The Labute approximate surface area is 107 Å². The van der Waals surface area contributed by atoms with Crippen LogP contribution in [0.3, 0.4) is 0 Å². The molecular formula is C14H20FNO2. The largest absolute Gasteiger partial charge is 0.478 e. The molecule has 0 aromatic heterocycles. The lowest BCUT2D eigenvalue weighted by atomic mass is 10.0. The molecule has 0 aliphatic carbocycles. The molecule has 1 unspecified atom stereocenters. The Kier molecular flexibility index (Phi) is 4.84. The van der Waals surface area contributed by atoms with Crippen molar-refractivity contribution in [3.05, 3.63) is 35.1 Å². The summed E-state index contributed by atoms with van der Waals surface area (Å²) in [5.74, 6) is -1.41. The molecule has 3 nitrogen and oxygen atoms in total. The standard InChI is InChI=1S/C14H20FNO2/c1-9(2)10(3)16(4)8-11-5-6-13(15)12(7-11)14(17)18/h5-7,9-10H,8H2,1-4H3,(H,17,18). The van der Waals surface area contributed by atoms with Gasteiger partial charge in [0.05, 0.1) is 5.56 Å². The maximum atomic E-state index is 13.3. The quantitative estimate of drug-likeness (QED) is 0.877. The molecular weight excluding hydrogens is 233 g/mol. The molecule has 0 saturated heterocycles. The Hall–Kier alpha value is -1.42. The van der Waals surface area contributed by atoms with Crippen LogP contribution in [0.2, 0.25) is 0 Å². The lowest BCUT2D eigenvalue weighted by molar-refractivity contribution is 0.0691. The fourth-order valence-corrected chi connectivity index (χ4v) is 1.78. The summed E-state index contributed by atoms with van der Waals surface area (Å²) in [6.45, 7) is 7.00. The maximum Gasteiger partial charge on any atom is 0.338 e. The van der Waals surface area contributed by atoms with E-state index in [1.165, 1.54) is 12.1 Å². The Morgan fingerprint density at radius 1 is 1.39 bits per heavy atom. The van der Waals surface area contributed by atoms with Crippen molar-refractivity contribution < 1.29 is 14.3 Å². The fourth-order valence-electron chi connectivity index (χ4n) is 1.78. The zero-order valence-electron chi connectivity index (χ0n) is 11.3. The second kappa shape index (κ2) is 5.96. The first-order valence-corrected chi connectivity index (χ1v) is 6.05. The minimum atomic E-state index is -1.23. The van der Waals surface area contributed by atoms with E-state index in [-0.39, 0.29) is 5.56 Å². The van der Waals surface area contributed by atoms with Gasteiger partial charge in [0.25, 0.3) is 0 Å². The van der Waals surface area contributed by atoms with E-state index in [1.807, 2.05) is 7.05 Å². The number of benzene rings is 1. The van der Waals surface area contributed by atoms with E-state index in [9.17, 15) is 9.18 Å². The molecule has 1 aromatic rings. The molecule has 1 atom stereocenters. The summed E-state index contributed by atoms with van der Waals surface area (Å²) >= 11 is 0. The van der Waals surface area contributed by atoms with Crippen LogP contribution in [0.25, 0.3) is 0 Å². The van der Waals surface area contributed by atoms with E-state index in [0.29, 0.717) is 18.5 Å². The molecule has 0 aliphatic heterocycles. The molecule has 1 N–H and O–H groups in total. The van der Waals surface area contributed by atoms with Crippen molar-refractivity contribution in [3.8, 4) is 0 Å².